The second-order valence-corrected chi connectivity index (χ2v) is 6.34. The molecule has 132 valence electrons. The van der Waals surface area contributed by atoms with E-state index in [1.165, 1.54) is 18.6 Å². The maximum absolute atomic E-state index is 12.3. The summed E-state index contributed by atoms with van der Waals surface area (Å²) in [6, 6.07) is 5.99. The Bertz CT molecular complexity index is 717. The number of esters is 1. The van der Waals surface area contributed by atoms with E-state index in [1.54, 1.807) is 0 Å². The van der Waals surface area contributed by atoms with Gasteiger partial charge in [0.2, 0.25) is 0 Å². The van der Waals surface area contributed by atoms with Crippen LogP contribution in [0.25, 0.3) is 0 Å². The summed E-state index contributed by atoms with van der Waals surface area (Å²) in [6.07, 6.45) is 4.15. The second kappa shape index (κ2) is 8.37. The highest BCUT2D eigenvalue weighted by Crippen LogP contribution is 2.32. The van der Waals surface area contributed by atoms with E-state index in [-0.39, 0.29) is 30.0 Å². The van der Waals surface area contributed by atoms with Crippen LogP contribution in [0, 0.1) is 0 Å². The number of aromatic nitrogens is 2. The maximum Gasteiger partial charge on any atom is 0.359 e. The van der Waals surface area contributed by atoms with Crippen molar-refractivity contribution in [2.24, 2.45) is 0 Å². The number of hydrogen-bond donors (Lipinski definition) is 1. The van der Waals surface area contributed by atoms with Gasteiger partial charge in [-0.1, -0.05) is 45.9 Å². The molecule has 1 aromatic carbocycles. The summed E-state index contributed by atoms with van der Waals surface area (Å²) < 4.78 is 5.01. The van der Waals surface area contributed by atoms with Gasteiger partial charge in [-0.3, -0.25) is 9.78 Å². The minimum atomic E-state index is -0.676. The van der Waals surface area contributed by atoms with E-state index >= 15 is 0 Å². The number of nitrogens with zero attached hydrogens (tertiary/aromatic N) is 2. The molecule has 0 atom stereocenters. The highest BCUT2D eigenvalue weighted by Gasteiger charge is 2.17. The molecule has 0 aliphatic carbocycles. The Kier molecular flexibility index (Phi) is 6.22. The largest absolute Gasteiger partial charge is 0.451 e. The summed E-state index contributed by atoms with van der Waals surface area (Å²) >= 11 is 0. The number of amides is 1. The molecule has 1 amide bonds. The topological polar surface area (TPSA) is 81.2 Å². The fourth-order valence-electron chi connectivity index (χ4n) is 2.48. The first kappa shape index (κ1) is 18.6. The van der Waals surface area contributed by atoms with Crippen LogP contribution in [-0.2, 0) is 9.53 Å². The van der Waals surface area contributed by atoms with Crippen LogP contribution >= 0.6 is 0 Å². The van der Waals surface area contributed by atoms with Crippen LogP contribution in [0.1, 0.15) is 61.1 Å². The van der Waals surface area contributed by atoms with E-state index in [4.69, 9.17) is 4.74 Å². The zero-order valence-corrected chi connectivity index (χ0v) is 14.9. The molecular weight excluding hydrogens is 318 g/mol. The first-order chi connectivity index (χ1) is 11.9. The molecule has 1 N–H and O–H groups in total. The molecule has 0 saturated heterocycles. The van der Waals surface area contributed by atoms with Gasteiger partial charge in [-0.25, -0.2) is 9.78 Å². The van der Waals surface area contributed by atoms with Crippen LogP contribution in [0.2, 0.25) is 0 Å². The molecule has 0 saturated carbocycles. The van der Waals surface area contributed by atoms with Gasteiger partial charge < -0.3 is 10.1 Å². The van der Waals surface area contributed by atoms with Crippen LogP contribution in [0.15, 0.2) is 36.8 Å². The average molecular weight is 341 g/mol. The molecule has 2 rings (SSSR count). The Hall–Kier alpha value is -2.76. The quantitative estimate of drug-likeness (QED) is 0.813. The lowest BCUT2D eigenvalue weighted by atomic mass is 9.92. The van der Waals surface area contributed by atoms with Gasteiger partial charge in [-0.15, -0.1) is 0 Å². The van der Waals surface area contributed by atoms with Crippen LogP contribution < -0.4 is 5.32 Å². The summed E-state index contributed by atoms with van der Waals surface area (Å²) in [5.41, 5.74) is 2.98. The molecule has 25 heavy (non-hydrogen) atoms. The molecule has 0 radical (unpaired) electrons. The molecule has 0 unspecified atom stereocenters. The van der Waals surface area contributed by atoms with Crippen molar-refractivity contribution >= 4 is 17.6 Å². The summed E-state index contributed by atoms with van der Waals surface area (Å²) in [6.45, 7) is 7.91. The molecule has 0 fully saturated rings. The van der Waals surface area contributed by atoms with Crippen molar-refractivity contribution in [2.45, 2.75) is 39.5 Å². The number of carbonyl (C=O) groups is 2. The van der Waals surface area contributed by atoms with Gasteiger partial charge in [-0.05, 0) is 23.0 Å². The fraction of sp³-hybridized carbons (Fsp3) is 0.368. The third-order valence-electron chi connectivity index (χ3n) is 3.74. The predicted octanol–water partition coefficient (Wildman–Crippen LogP) is 3.52. The van der Waals surface area contributed by atoms with Crippen LogP contribution in [0.5, 0.6) is 0 Å². The first-order valence-electron chi connectivity index (χ1n) is 8.26. The number of benzene rings is 1. The lowest BCUT2D eigenvalue weighted by molar-refractivity contribution is -0.119. The molecule has 0 aliphatic heterocycles. The van der Waals surface area contributed by atoms with Gasteiger partial charge >= 0.3 is 5.97 Å². The minimum Gasteiger partial charge on any atom is -0.451 e. The number of anilines is 1. The van der Waals surface area contributed by atoms with E-state index < -0.39 is 5.97 Å². The number of rotatable bonds is 6. The third kappa shape index (κ3) is 4.86. The van der Waals surface area contributed by atoms with Crippen molar-refractivity contribution in [2.75, 3.05) is 11.9 Å². The normalized spacial score (nSPS) is 10.8. The minimum absolute atomic E-state index is 0.0701. The van der Waals surface area contributed by atoms with Gasteiger partial charge in [-0.2, -0.15) is 0 Å². The molecule has 6 nitrogen and oxygen atoms in total. The van der Waals surface area contributed by atoms with Crippen LogP contribution in [-0.4, -0.2) is 28.5 Å². The molecule has 0 bridgehead atoms. The Labute approximate surface area is 147 Å². The fourth-order valence-corrected chi connectivity index (χ4v) is 2.48. The summed E-state index contributed by atoms with van der Waals surface area (Å²) in [4.78, 5) is 31.8. The molecule has 1 aromatic heterocycles. The zero-order valence-electron chi connectivity index (χ0n) is 14.9. The lowest BCUT2D eigenvalue weighted by Crippen LogP contribution is -2.23. The number of hydrogen-bond acceptors (Lipinski definition) is 5. The Morgan fingerprint density at radius 1 is 1.08 bits per heavy atom. The van der Waals surface area contributed by atoms with Gasteiger partial charge in [0.05, 0.1) is 6.20 Å². The zero-order chi connectivity index (χ0) is 18.4. The van der Waals surface area contributed by atoms with Gasteiger partial charge in [0.25, 0.3) is 5.91 Å². The molecule has 1 heterocycles. The summed E-state index contributed by atoms with van der Waals surface area (Å²) in [7, 11) is 0. The highest BCUT2D eigenvalue weighted by atomic mass is 16.5. The van der Waals surface area contributed by atoms with Crippen molar-refractivity contribution in [1.29, 1.82) is 0 Å². The SMILES string of the molecule is CC(C)c1cccc(C(C)C)c1NC(=O)COC(=O)c1cnccn1. The Balaban J connectivity index is 2.09. The van der Waals surface area contributed by atoms with Gasteiger partial charge in [0.1, 0.15) is 0 Å². The summed E-state index contributed by atoms with van der Waals surface area (Å²) in [5.74, 6) is -0.538. The van der Waals surface area contributed by atoms with E-state index in [0.717, 1.165) is 16.8 Å². The van der Waals surface area contributed by atoms with Crippen LogP contribution in [0.4, 0.5) is 5.69 Å². The summed E-state index contributed by atoms with van der Waals surface area (Å²) in [5, 5.41) is 2.90. The van der Waals surface area contributed by atoms with Gasteiger partial charge in [0.15, 0.2) is 12.3 Å². The van der Waals surface area contributed by atoms with Crippen molar-refractivity contribution in [3.63, 3.8) is 0 Å². The maximum atomic E-state index is 12.3. The number of carbonyl (C=O) groups excluding carboxylic acids is 2. The lowest BCUT2D eigenvalue weighted by Gasteiger charge is -2.20. The molecule has 6 heteroatoms. The average Bonchev–Trinajstić information content (AvgIpc) is 2.60. The highest BCUT2D eigenvalue weighted by molar-refractivity contribution is 5.96. The van der Waals surface area contributed by atoms with E-state index in [2.05, 4.69) is 43.0 Å². The Morgan fingerprint density at radius 2 is 1.72 bits per heavy atom. The van der Waals surface area contributed by atoms with Crippen molar-refractivity contribution < 1.29 is 14.3 Å². The van der Waals surface area contributed by atoms with E-state index in [0.29, 0.717) is 0 Å². The molecular formula is C19H23N3O3. The smallest absolute Gasteiger partial charge is 0.359 e. The Morgan fingerprint density at radius 3 is 2.24 bits per heavy atom. The van der Waals surface area contributed by atoms with E-state index in [1.807, 2.05) is 18.2 Å². The molecule has 2 aromatic rings. The second-order valence-electron chi connectivity index (χ2n) is 6.34. The standard InChI is InChI=1S/C19H23N3O3/c1-12(2)14-6-5-7-15(13(3)4)18(14)22-17(23)11-25-19(24)16-10-20-8-9-21-16/h5-10,12-13H,11H2,1-4H3,(H,22,23). The number of nitrogens with one attached hydrogen (secondary N) is 1. The number of ether oxygens (including phenoxy) is 1. The van der Waals surface area contributed by atoms with Crippen molar-refractivity contribution in [3.05, 3.63) is 53.6 Å². The monoisotopic (exact) mass is 341 g/mol. The van der Waals surface area contributed by atoms with Crippen molar-refractivity contribution in [3.8, 4) is 0 Å². The van der Waals surface area contributed by atoms with Crippen molar-refractivity contribution in [1.82, 2.24) is 9.97 Å². The van der Waals surface area contributed by atoms with Crippen LogP contribution in [0.3, 0.4) is 0 Å². The number of para-hydroxylation sites is 1. The van der Waals surface area contributed by atoms with Gasteiger partial charge in [0, 0.05) is 18.1 Å². The predicted molar refractivity (Wildman–Crippen MR) is 95.6 cm³/mol. The third-order valence-corrected chi connectivity index (χ3v) is 3.74. The first-order valence-corrected chi connectivity index (χ1v) is 8.26. The molecule has 0 spiro atoms. The van der Waals surface area contributed by atoms with E-state index in [9.17, 15) is 9.59 Å². The molecule has 0 aliphatic rings.